The van der Waals surface area contributed by atoms with Gasteiger partial charge < -0.3 is 15.4 Å². The Balaban J connectivity index is 2.04. The number of rotatable bonds is 3. The molecule has 0 aliphatic carbocycles. The number of H-pyrrole nitrogens is 1. The molecular formula is C16H23N5O. The van der Waals surface area contributed by atoms with Crippen molar-refractivity contribution < 1.29 is 4.74 Å². The van der Waals surface area contributed by atoms with E-state index in [1.165, 1.54) is 0 Å². The molecule has 3 rings (SSSR count). The molecule has 3 heterocycles. The van der Waals surface area contributed by atoms with E-state index < -0.39 is 0 Å². The number of likely N-dealkylation sites (tertiary alicyclic amines) is 1. The summed E-state index contributed by atoms with van der Waals surface area (Å²) in [5.74, 6) is 0.769. The summed E-state index contributed by atoms with van der Waals surface area (Å²) >= 11 is 0. The van der Waals surface area contributed by atoms with Crippen molar-refractivity contribution in [1.82, 2.24) is 15.1 Å². The van der Waals surface area contributed by atoms with Gasteiger partial charge in [0, 0.05) is 16.7 Å². The lowest BCUT2D eigenvalue weighted by Crippen LogP contribution is -2.46. The van der Waals surface area contributed by atoms with Crippen LogP contribution in [0.1, 0.15) is 44.4 Å². The number of hydrogen-bond donors (Lipinski definition) is 2. The lowest BCUT2D eigenvalue weighted by molar-refractivity contribution is 0.168. The van der Waals surface area contributed by atoms with Crippen LogP contribution >= 0.6 is 0 Å². The highest BCUT2D eigenvalue weighted by Gasteiger charge is 2.48. The van der Waals surface area contributed by atoms with E-state index in [0.717, 1.165) is 56.6 Å². The molecular weight excluding hydrogens is 278 g/mol. The summed E-state index contributed by atoms with van der Waals surface area (Å²) in [4.78, 5) is 2.46. The van der Waals surface area contributed by atoms with Gasteiger partial charge in [0.1, 0.15) is 11.6 Å². The number of nitrogens with two attached hydrogens (primary N) is 1. The average molecular weight is 301 g/mol. The fraction of sp³-hybridized carbons (Fsp3) is 0.625. The molecule has 118 valence electrons. The molecule has 6 nitrogen and oxygen atoms in total. The van der Waals surface area contributed by atoms with Crippen LogP contribution in [0.25, 0.3) is 0 Å². The number of fused-ring (bicyclic) bond motifs is 2. The van der Waals surface area contributed by atoms with Crippen LogP contribution in [-0.2, 0) is 11.8 Å². The third kappa shape index (κ3) is 2.08. The van der Waals surface area contributed by atoms with Gasteiger partial charge in [-0.2, -0.15) is 5.26 Å². The highest BCUT2D eigenvalue weighted by atomic mass is 16.5. The van der Waals surface area contributed by atoms with Gasteiger partial charge in [-0.05, 0) is 45.3 Å². The number of ether oxygens (including phenoxy) is 1. The predicted octanol–water partition coefficient (Wildman–Crippen LogP) is 1.80. The number of nitriles is 1. The fourth-order valence-electron chi connectivity index (χ4n) is 3.84. The molecule has 0 aromatic carbocycles. The lowest BCUT2D eigenvalue weighted by atomic mass is 9.66. The SMILES string of the molecule is CCCN1CCC2(CC1)C(C#N)=C(N)Oc1n[nH]c(CC)c12. The molecule has 1 aromatic heterocycles. The number of piperidine rings is 1. The molecule has 22 heavy (non-hydrogen) atoms. The normalized spacial score (nSPS) is 20.6. The second kappa shape index (κ2) is 5.65. The van der Waals surface area contributed by atoms with Gasteiger partial charge in [-0.3, -0.25) is 5.10 Å². The Bertz CT molecular complexity index is 631. The smallest absolute Gasteiger partial charge is 0.244 e. The summed E-state index contributed by atoms with van der Waals surface area (Å²) in [5.41, 5.74) is 8.37. The average Bonchev–Trinajstić information content (AvgIpc) is 2.93. The van der Waals surface area contributed by atoms with Crippen LogP contribution in [0.4, 0.5) is 0 Å². The van der Waals surface area contributed by atoms with E-state index in [9.17, 15) is 5.26 Å². The predicted molar refractivity (Wildman–Crippen MR) is 83.1 cm³/mol. The molecule has 0 atom stereocenters. The van der Waals surface area contributed by atoms with E-state index in [-0.39, 0.29) is 11.3 Å². The largest absolute Gasteiger partial charge is 0.420 e. The Kier molecular flexibility index (Phi) is 3.83. The maximum atomic E-state index is 9.66. The summed E-state index contributed by atoms with van der Waals surface area (Å²) < 4.78 is 5.60. The number of hydrogen-bond acceptors (Lipinski definition) is 5. The van der Waals surface area contributed by atoms with Crippen LogP contribution in [0.2, 0.25) is 0 Å². The van der Waals surface area contributed by atoms with E-state index in [1.54, 1.807) is 0 Å². The Morgan fingerprint density at radius 2 is 2.14 bits per heavy atom. The van der Waals surface area contributed by atoms with Crippen molar-refractivity contribution in [3.8, 4) is 11.9 Å². The monoisotopic (exact) mass is 301 g/mol. The number of nitrogens with one attached hydrogen (secondary N) is 1. The Labute approximate surface area is 130 Å². The molecule has 0 amide bonds. The first-order valence-corrected chi connectivity index (χ1v) is 8.04. The second-order valence-electron chi connectivity index (χ2n) is 6.11. The van der Waals surface area contributed by atoms with Gasteiger partial charge in [-0.15, -0.1) is 5.10 Å². The van der Waals surface area contributed by atoms with Crippen molar-refractivity contribution in [2.45, 2.75) is 44.9 Å². The van der Waals surface area contributed by atoms with Crippen molar-refractivity contribution in [2.75, 3.05) is 19.6 Å². The van der Waals surface area contributed by atoms with E-state index in [1.807, 2.05) is 0 Å². The molecule has 0 saturated carbocycles. The van der Waals surface area contributed by atoms with Crippen LogP contribution < -0.4 is 10.5 Å². The van der Waals surface area contributed by atoms with Gasteiger partial charge in [0.2, 0.25) is 11.8 Å². The summed E-state index contributed by atoms with van der Waals surface area (Å²) in [6.07, 6.45) is 3.76. The minimum Gasteiger partial charge on any atom is -0.420 e. The summed E-state index contributed by atoms with van der Waals surface area (Å²) in [5, 5.41) is 17.0. The lowest BCUT2D eigenvalue weighted by Gasteiger charge is -2.43. The molecule has 1 fully saturated rings. The number of aromatic amines is 1. The maximum Gasteiger partial charge on any atom is 0.244 e. The van der Waals surface area contributed by atoms with Crippen LogP contribution in [0, 0.1) is 11.3 Å². The molecule has 0 radical (unpaired) electrons. The van der Waals surface area contributed by atoms with Gasteiger partial charge in [0.25, 0.3) is 0 Å². The Morgan fingerprint density at radius 3 is 2.73 bits per heavy atom. The molecule has 1 saturated heterocycles. The standard InChI is InChI=1S/C16H23N5O/c1-3-7-21-8-5-16(6-9-21)11(10-17)14(18)22-15-13(16)12(4-2)19-20-15/h3-9,18H2,1-2H3,(H,19,20). The van der Waals surface area contributed by atoms with Crippen molar-refractivity contribution in [3.05, 3.63) is 22.7 Å². The third-order valence-electron chi connectivity index (χ3n) is 4.93. The van der Waals surface area contributed by atoms with E-state index >= 15 is 0 Å². The fourth-order valence-corrected chi connectivity index (χ4v) is 3.84. The zero-order valence-electron chi connectivity index (χ0n) is 13.3. The summed E-state index contributed by atoms with van der Waals surface area (Å²) in [6, 6.07) is 2.31. The maximum absolute atomic E-state index is 9.66. The number of aryl methyl sites for hydroxylation is 1. The van der Waals surface area contributed by atoms with Crippen molar-refractivity contribution in [2.24, 2.45) is 5.73 Å². The second-order valence-corrected chi connectivity index (χ2v) is 6.11. The molecule has 0 bridgehead atoms. The van der Waals surface area contributed by atoms with Crippen LogP contribution in [0.15, 0.2) is 11.5 Å². The topological polar surface area (TPSA) is 91.0 Å². The molecule has 2 aliphatic rings. The molecule has 0 unspecified atom stereocenters. The highest BCUT2D eigenvalue weighted by molar-refractivity contribution is 5.54. The van der Waals surface area contributed by atoms with Gasteiger partial charge in [-0.25, -0.2) is 0 Å². The zero-order valence-corrected chi connectivity index (χ0v) is 13.3. The summed E-state index contributed by atoms with van der Waals surface area (Å²) in [6.45, 7) is 7.33. The van der Waals surface area contributed by atoms with Gasteiger partial charge >= 0.3 is 0 Å². The van der Waals surface area contributed by atoms with Crippen molar-refractivity contribution in [3.63, 3.8) is 0 Å². The first-order valence-electron chi connectivity index (χ1n) is 8.04. The molecule has 1 aromatic rings. The number of nitrogens with zero attached hydrogens (tertiary/aromatic N) is 3. The molecule has 1 spiro atoms. The van der Waals surface area contributed by atoms with Crippen molar-refractivity contribution >= 4 is 0 Å². The van der Waals surface area contributed by atoms with Crippen molar-refractivity contribution in [1.29, 1.82) is 5.26 Å². The summed E-state index contributed by atoms with van der Waals surface area (Å²) in [7, 11) is 0. The van der Waals surface area contributed by atoms with Crippen LogP contribution in [0.5, 0.6) is 5.88 Å². The molecule has 3 N–H and O–H groups in total. The van der Waals surface area contributed by atoms with E-state index in [4.69, 9.17) is 10.5 Å². The zero-order chi connectivity index (χ0) is 15.7. The highest BCUT2D eigenvalue weighted by Crippen LogP contribution is 2.49. The molecule has 6 heteroatoms. The first kappa shape index (κ1) is 14.9. The van der Waals surface area contributed by atoms with E-state index in [0.29, 0.717) is 11.5 Å². The quantitative estimate of drug-likeness (QED) is 0.888. The third-order valence-corrected chi connectivity index (χ3v) is 4.93. The number of allylic oxidation sites excluding steroid dienone is 1. The van der Waals surface area contributed by atoms with Gasteiger partial charge in [-0.1, -0.05) is 13.8 Å². The van der Waals surface area contributed by atoms with Gasteiger partial charge in [0.05, 0.1) is 0 Å². The van der Waals surface area contributed by atoms with Crippen LogP contribution in [0.3, 0.4) is 0 Å². The van der Waals surface area contributed by atoms with Gasteiger partial charge in [0.15, 0.2) is 0 Å². The minimum atomic E-state index is -0.338. The number of aromatic nitrogens is 2. The minimum absolute atomic E-state index is 0.216. The first-order chi connectivity index (χ1) is 10.7. The molecule has 2 aliphatic heterocycles. The van der Waals surface area contributed by atoms with Crippen LogP contribution in [-0.4, -0.2) is 34.7 Å². The van der Waals surface area contributed by atoms with E-state index in [2.05, 4.69) is 35.0 Å². The Hall–Kier alpha value is -2.00. The Morgan fingerprint density at radius 1 is 1.41 bits per heavy atom.